The first kappa shape index (κ1) is 18.5. The van der Waals surface area contributed by atoms with Crippen LogP contribution < -0.4 is 10.0 Å². The van der Waals surface area contributed by atoms with Crippen LogP contribution in [0.1, 0.15) is 26.7 Å². The van der Waals surface area contributed by atoms with Crippen molar-refractivity contribution in [3.63, 3.8) is 0 Å². The van der Waals surface area contributed by atoms with Gasteiger partial charge in [-0.15, -0.1) is 0 Å². The zero-order chi connectivity index (χ0) is 15.7. The van der Waals surface area contributed by atoms with Crippen LogP contribution in [0, 0.1) is 0 Å². The summed E-state index contributed by atoms with van der Waals surface area (Å²) in [5.74, 6) is 1.52. The molecule has 0 aromatic heterocycles. The number of carbonyl (C=O) groups is 1. The lowest BCUT2D eigenvalue weighted by atomic mass is 10.3. The number of nitrogens with one attached hydrogen (secondary N) is 2. The van der Waals surface area contributed by atoms with Gasteiger partial charge in [-0.05, 0) is 26.7 Å². The van der Waals surface area contributed by atoms with Crippen molar-refractivity contribution in [2.75, 3.05) is 37.7 Å². The number of carbonyl (C=O) groups excluding carboxylic acids is 1. The number of thioether (sulfide) groups is 1. The minimum Gasteiger partial charge on any atom is -0.379 e. The van der Waals surface area contributed by atoms with Gasteiger partial charge in [0.05, 0.1) is 6.10 Å². The van der Waals surface area contributed by atoms with Crippen LogP contribution in [0.3, 0.4) is 0 Å². The van der Waals surface area contributed by atoms with Crippen LogP contribution in [0.25, 0.3) is 0 Å². The van der Waals surface area contributed by atoms with Gasteiger partial charge in [0.15, 0.2) is 0 Å². The number of nitrogens with zero attached hydrogens (tertiary/aromatic N) is 1. The maximum absolute atomic E-state index is 11.9. The van der Waals surface area contributed by atoms with E-state index in [1.54, 1.807) is 11.8 Å². The molecular formula is C12H25N3O4S2. The van der Waals surface area contributed by atoms with E-state index in [2.05, 4.69) is 5.32 Å². The van der Waals surface area contributed by atoms with Gasteiger partial charge in [0.1, 0.15) is 0 Å². The van der Waals surface area contributed by atoms with E-state index in [-0.39, 0.29) is 6.10 Å². The predicted octanol–water partition coefficient (Wildman–Crippen LogP) is 0.784. The van der Waals surface area contributed by atoms with Gasteiger partial charge >= 0.3 is 16.2 Å². The summed E-state index contributed by atoms with van der Waals surface area (Å²) < 4.78 is 32.6. The third-order valence-electron chi connectivity index (χ3n) is 2.84. The van der Waals surface area contributed by atoms with Gasteiger partial charge < -0.3 is 10.1 Å². The maximum atomic E-state index is 11.9. The van der Waals surface area contributed by atoms with Gasteiger partial charge in [0.2, 0.25) is 0 Å². The second kappa shape index (κ2) is 9.50. The Morgan fingerprint density at radius 2 is 1.95 bits per heavy atom. The van der Waals surface area contributed by atoms with Crippen LogP contribution in [-0.2, 0) is 14.9 Å². The van der Waals surface area contributed by atoms with Crippen LogP contribution in [0.5, 0.6) is 0 Å². The van der Waals surface area contributed by atoms with Crippen molar-refractivity contribution in [1.82, 2.24) is 14.3 Å². The van der Waals surface area contributed by atoms with Gasteiger partial charge in [-0.3, -0.25) is 0 Å². The van der Waals surface area contributed by atoms with Crippen molar-refractivity contribution in [3.8, 4) is 0 Å². The van der Waals surface area contributed by atoms with Crippen LogP contribution in [0.15, 0.2) is 0 Å². The van der Waals surface area contributed by atoms with Gasteiger partial charge in [-0.25, -0.2) is 9.52 Å². The molecule has 0 radical (unpaired) electrons. The molecule has 1 fully saturated rings. The summed E-state index contributed by atoms with van der Waals surface area (Å²) >= 11 is 1.71. The van der Waals surface area contributed by atoms with E-state index < -0.39 is 16.2 Å². The first-order chi connectivity index (χ1) is 9.92. The van der Waals surface area contributed by atoms with E-state index in [0.29, 0.717) is 26.2 Å². The molecular weight excluding hydrogens is 314 g/mol. The third-order valence-corrected chi connectivity index (χ3v) is 5.27. The first-order valence-corrected chi connectivity index (χ1v) is 9.76. The molecule has 0 atom stereocenters. The molecule has 124 valence electrons. The molecule has 1 aliphatic rings. The molecule has 1 rings (SSSR count). The number of hydrogen-bond acceptors (Lipinski definition) is 5. The normalized spacial score (nSPS) is 16.9. The highest BCUT2D eigenvalue weighted by Gasteiger charge is 2.25. The standard InChI is InChI=1S/C12H25N3O4S2/c1-11(2)19-8-4-3-5-13-12(16)14-21(17,18)15-6-9-20-10-7-15/h11H,3-10H2,1-2H3,(H2,13,14,16). The summed E-state index contributed by atoms with van der Waals surface area (Å²) in [4.78, 5) is 11.6. The lowest BCUT2D eigenvalue weighted by Gasteiger charge is -2.25. The lowest BCUT2D eigenvalue weighted by Crippen LogP contribution is -2.49. The minimum absolute atomic E-state index is 0.203. The van der Waals surface area contributed by atoms with E-state index in [1.165, 1.54) is 4.31 Å². The van der Waals surface area contributed by atoms with E-state index in [0.717, 1.165) is 24.3 Å². The SMILES string of the molecule is CC(C)OCCCCNC(=O)NS(=O)(=O)N1CCSCC1. The van der Waals surface area contributed by atoms with Crippen molar-refractivity contribution < 1.29 is 17.9 Å². The molecule has 0 aromatic carbocycles. The lowest BCUT2D eigenvalue weighted by molar-refractivity contribution is 0.0761. The summed E-state index contributed by atoms with van der Waals surface area (Å²) in [7, 11) is -3.71. The van der Waals surface area contributed by atoms with Gasteiger partial charge in [-0.2, -0.15) is 24.5 Å². The van der Waals surface area contributed by atoms with Crippen molar-refractivity contribution in [2.45, 2.75) is 32.8 Å². The van der Waals surface area contributed by atoms with E-state index in [9.17, 15) is 13.2 Å². The summed E-state index contributed by atoms with van der Waals surface area (Å²) in [6, 6.07) is -0.669. The fraction of sp³-hybridized carbons (Fsp3) is 0.917. The Labute approximate surface area is 131 Å². The molecule has 21 heavy (non-hydrogen) atoms. The number of rotatable bonds is 8. The van der Waals surface area contributed by atoms with E-state index in [4.69, 9.17) is 4.74 Å². The quantitative estimate of drug-likeness (QED) is 0.638. The van der Waals surface area contributed by atoms with Crippen molar-refractivity contribution in [1.29, 1.82) is 0 Å². The van der Waals surface area contributed by atoms with Crippen LogP contribution in [-0.4, -0.2) is 62.6 Å². The predicted molar refractivity (Wildman–Crippen MR) is 84.7 cm³/mol. The van der Waals surface area contributed by atoms with Crippen LogP contribution >= 0.6 is 11.8 Å². The summed E-state index contributed by atoms with van der Waals surface area (Å²) in [6.45, 7) is 5.90. The Morgan fingerprint density at radius 3 is 2.57 bits per heavy atom. The molecule has 7 nitrogen and oxygen atoms in total. The molecule has 0 bridgehead atoms. The highest BCUT2D eigenvalue weighted by Crippen LogP contribution is 2.11. The Balaban J connectivity index is 2.17. The van der Waals surface area contributed by atoms with Crippen molar-refractivity contribution >= 4 is 28.0 Å². The summed E-state index contributed by atoms with van der Waals surface area (Å²) in [6.07, 6.45) is 1.78. The van der Waals surface area contributed by atoms with Gasteiger partial charge in [-0.1, -0.05) is 0 Å². The molecule has 0 unspecified atom stereocenters. The summed E-state index contributed by atoms with van der Waals surface area (Å²) in [5.41, 5.74) is 0. The van der Waals surface area contributed by atoms with Crippen LogP contribution in [0.4, 0.5) is 4.79 Å². The number of hydrogen-bond donors (Lipinski definition) is 2. The zero-order valence-corrected chi connectivity index (χ0v) is 14.3. The zero-order valence-electron chi connectivity index (χ0n) is 12.6. The molecule has 1 saturated heterocycles. The smallest absolute Gasteiger partial charge is 0.329 e. The molecule has 0 saturated carbocycles. The number of urea groups is 1. The average Bonchev–Trinajstić information content (AvgIpc) is 2.43. The Kier molecular flexibility index (Phi) is 8.38. The molecule has 0 aliphatic carbocycles. The molecule has 9 heteroatoms. The highest BCUT2D eigenvalue weighted by atomic mass is 32.2. The second-order valence-electron chi connectivity index (χ2n) is 5.00. The number of ether oxygens (including phenoxy) is 1. The van der Waals surface area contributed by atoms with E-state index in [1.807, 2.05) is 18.6 Å². The molecule has 2 amide bonds. The van der Waals surface area contributed by atoms with Crippen molar-refractivity contribution in [2.24, 2.45) is 0 Å². The largest absolute Gasteiger partial charge is 0.379 e. The number of amides is 2. The second-order valence-corrected chi connectivity index (χ2v) is 7.90. The Bertz CT molecular complexity index is 409. The fourth-order valence-electron chi connectivity index (χ4n) is 1.75. The minimum atomic E-state index is -3.71. The van der Waals surface area contributed by atoms with Gasteiger partial charge in [0, 0.05) is 37.7 Å². The Morgan fingerprint density at radius 1 is 1.29 bits per heavy atom. The topological polar surface area (TPSA) is 87.7 Å². The maximum Gasteiger partial charge on any atom is 0.329 e. The van der Waals surface area contributed by atoms with E-state index >= 15 is 0 Å². The first-order valence-electron chi connectivity index (χ1n) is 7.17. The van der Waals surface area contributed by atoms with Gasteiger partial charge in [0.25, 0.3) is 0 Å². The molecule has 1 heterocycles. The molecule has 0 aromatic rings. The monoisotopic (exact) mass is 339 g/mol. The van der Waals surface area contributed by atoms with Crippen molar-refractivity contribution in [3.05, 3.63) is 0 Å². The average molecular weight is 339 g/mol. The Hall–Kier alpha value is -0.510. The fourth-order valence-corrected chi connectivity index (χ4v) is 3.99. The molecule has 1 aliphatic heterocycles. The third kappa shape index (κ3) is 7.89. The summed E-state index contributed by atoms with van der Waals surface area (Å²) in [5, 5.41) is 2.55. The highest BCUT2D eigenvalue weighted by molar-refractivity contribution is 7.99. The number of unbranched alkanes of at least 4 members (excludes halogenated alkanes) is 1. The molecule has 0 spiro atoms. The molecule has 2 N–H and O–H groups in total. The van der Waals surface area contributed by atoms with Crippen LogP contribution in [0.2, 0.25) is 0 Å².